The summed E-state index contributed by atoms with van der Waals surface area (Å²) in [6, 6.07) is 6.25. The quantitative estimate of drug-likeness (QED) is 0.836. The van der Waals surface area contributed by atoms with Gasteiger partial charge in [0, 0.05) is 25.1 Å². The molecule has 0 radical (unpaired) electrons. The van der Waals surface area contributed by atoms with Crippen molar-refractivity contribution >= 4 is 11.6 Å². The Balaban J connectivity index is 1.85. The van der Waals surface area contributed by atoms with E-state index < -0.39 is 0 Å². The summed E-state index contributed by atoms with van der Waals surface area (Å²) in [5.41, 5.74) is 0. The van der Waals surface area contributed by atoms with Crippen molar-refractivity contribution in [3.05, 3.63) is 36.0 Å². The van der Waals surface area contributed by atoms with Crippen LogP contribution in [0.25, 0.3) is 0 Å². The molecular formula is C14H20N4O. The molecule has 19 heavy (non-hydrogen) atoms. The molecule has 0 bridgehead atoms. The van der Waals surface area contributed by atoms with E-state index >= 15 is 0 Å². The van der Waals surface area contributed by atoms with Gasteiger partial charge < -0.3 is 15.1 Å². The third-order valence-electron chi connectivity index (χ3n) is 2.58. The van der Waals surface area contributed by atoms with E-state index in [1.165, 1.54) is 0 Å². The number of aryl methyl sites for hydroxylation is 1. The van der Waals surface area contributed by atoms with Crippen LogP contribution in [-0.2, 0) is 6.42 Å². The van der Waals surface area contributed by atoms with Gasteiger partial charge in [-0.25, -0.2) is 9.97 Å². The molecule has 0 aromatic carbocycles. The lowest BCUT2D eigenvalue weighted by Crippen LogP contribution is -2.12. The first-order chi connectivity index (χ1) is 9.13. The van der Waals surface area contributed by atoms with Gasteiger partial charge in [-0.3, -0.25) is 0 Å². The number of nitrogens with zero attached hydrogens (tertiary/aromatic N) is 2. The summed E-state index contributed by atoms with van der Waals surface area (Å²) >= 11 is 0. The van der Waals surface area contributed by atoms with Crippen LogP contribution in [0, 0.1) is 6.92 Å². The van der Waals surface area contributed by atoms with Crippen LogP contribution in [0.2, 0.25) is 0 Å². The minimum Gasteiger partial charge on any atom is -0.466 e. The molecular weight excluding hydrogens is 240 g/mol. The van der Waals surface area contributed by atoms with Crippen LogP contribution in [0.4, 0.5) is 11.6 Å². The van der Waals surface area contributed by atoms with Gasteiger partial charge in [0.05, 0.1) is 0 Å². The fraction of sp³-hybridized carbons (Fsp3) is 0.429. The van der Waals surface area contributed by atoms with Gasteiger partial charge in [-0.1, -0.05) is 0 Å². The molecule has 0 spiro atoms. The maximum Gasteiger partial charge on any atom is 0.131 e. The number of hydrogen-bond donors (Lipinski definition) is 2. The van der Waals surface area contributed by atoms with E-state index in [2.05, 4.69) is 34.4 Å². The second kappa shape index (κ2) is 6.22. The molecule has 0 saturated heterocycles. The Morgan fingerprint density at radius 1 is 1.21 bits per heavy atom. The average Bonchev–Trinajstić information content (AvgIpc) is 2.75. The van der Waals surface area contributed by atoms with E-state index in [-0.39, 0.29) is 0 Å². The van der Waals surface area contributed by atoms with E-state index in [0.717, 1.165) is 36.1 Å². The summed E-state index contributed by atoms with van der Waals surface area (Å²) in [4.78, 5) is 8.36. The van der Waals surface area contributed by atoms with Crippen molar-refractivity contribution in [1.29, 1.82) is 0 Å². The fourth-order valence-electron chi connectivity index (χ4n) is 1.76. The average molecular weight is 260 g/mol. The van der Waals surface area contributed by atoms with Crippen molar-refractivity contribution in [2.24, 2.45) is 0 Å². The molecule has 5 heteroatoms. The van der Waals surface area contributed by atoms with E-state index in [1.54, 1.807) is 6.33 Å². The Hall–Kier alpha value is -2.04. The van der Waals surface area contributed by atoms with Crippen molar-refractivity contribution in [2.45, 2.75) is 33.2 Å². The monoisotopic (exact) mass is 260 g/mol. The Bertz CT molecular complexity index is 522. The molecule has 2 aromatic heterocycles. The fourth-order valence-corrected chi connectivity index (χ4v) is 1.76. The number of nitrogens with one attached hydrogen (secondary N) is 2. The number of aromatic nitrogens is 2. The molecule has 0 atom stereocenters. The molecule has 2 heterocycles. The van der Waals surface area contributed by atoms with E-state index in [9.17, 15) is 0 Å². The number of hydrogen-bond acceptors (Lipinski definition) is 5. The first-order valence-electron chi connectivity index (χ1n) is 6.51. The highest BCUT2D eigenvalue weighted by molar-refractivity contribution is 5.46. The summed E-state index contributed by atoms with van der Waals surface area (Å²) in [5.74, 6) is 3.59. The molecule has 2 aromatic rings. The summed E-state index contributed by atoms with van der Waals surface area (Å²) in [6.45, 7) is 6.89. The third kappa shape index (κ3) is 4.28. The van der Waals surface area contributed by atoms with Gasteiger partial charge in [-0.2, -0.15) is 0 Å². The van der Waals surface area contributed by atoms with Crippen LogP contribution in [0.1, 0.15) is 25.4 Å². The van der Waals surface area contributed by atoms with Gasteiger partial charge in [0.25, 0.3) is 0 Å². The van der Waals surface area contributed by atoms with Crippen LogP contribution < -0.4 is 10.6 Å². The van der Waals surface area contributed by atoms with Crippen molar-refractivity contribution < 1.29 is 4.42 Å². The normalized spacial score (nSPS) is 10.7. The van der Waals surface area contributed by atoms with Gasteiger partial charge in [0.2, 0.25) is 0 Å². The Kier molecular flexibility index (Phi) is 4.39. The predicted octanol–water partition coefficient (Wildman–Crippen LogP) is 2.85. The van der Waals surface area contributed by atoms with E-state index in [0.29, 0.717) is 6.04 Å². The maximum absolute atomic E-state index is 5.51. The first-order valence-corrected chi connectivity index (χ1v) is 6.51. The molecule has 0 aliphatic heterocycles. The number of rotatable bonds is 6. The molecule has 0 aliphatic rings. The highest BCUT2D eigenvalue weighted by atomic mass is 16.3. The standard InChI is InChI=1S/C14H20N4O/c1-10(2)18-14-8-13(16-9-17-14)15-7-6-12-5-4-11(3)19-12/h4-5,8-10H,6-7H2,1-3H3,(H2,15,16,17,18). The Morgan fingerprint density at radius 3 is 2.68 bits per heavy atom. The summed E-state index contributed by atoms with van der Waals surface area (Å²) < 4.78 is 5.51. The zero-order valence-electron chi connectivity index (χ0n) is 11.6. The van der Waals surface area contributed by atoms with Gasteiger partial charge in [-0.15, -0.1) is 0 Å². The highest BCUT2D eigenvalue weighted by Gasteiger charge is 2.01. The van der Waals surface area contributed by atoms with Crippen LogP contribution >= 0.6 is 0 Å². The second-order valence-corrected chi connectivity index (χ2v) is 4.78. The molecule has 2 rings (SSSR count). The molecule has 0 amide bonds. The zero-order valence-corrected chi connectivity index (χ0v) is 11.6. The third-order valence-corrected chi connectivity index (χ3v) is 2.58. The van der Waals surface area contributed by atoms with Crippen molar-refractivity contribution in [3.8, 4) is 0 Å². The lowest BCUT2D eigenvalue weighted by atomic mass is 10.3. The largest absolute Gasteiger partial charge is 0.466 e. The minimum atomic E-state index is 0.355. The smallest absolute Gasteiger partial charge is 0.131 e. The maximum atomic E-state index is 5.51. The molecule has 102 valence electrons. The van der Waals surface area contributed by atoms with Crippen LogP contribution in [0.15, 0.2) is 28.9 Å². The van der Waals surface area contributed by atoms with Gasteiger partial charge in [0.15, 0.2) is 0 Å². The Labute approximate surface area is 113 Å². The minimum absolute atomic E-state index is 0.355. The van der Waals surface area contributed by atoms with Crippen molar-refractivity contribution in [2.75, 3.05) is 17.2 Å². The summed E-state index contributed by atoms with van der Waals surface area (Å²) in [5, 5.41) is 6.51. The lowest BCUT2D eigenvalue weighted by Gasteiger charge is -2.10. The zero-order chi connectivity index (χ0) is 13.7. The number of furan rings is 1. The number of anilines is 2. The molecule has 0 saturated carbocycles. The van der Waals surface area contributed by atoms with E-state index in [1.807, 2.05) is 25.1 Å². The van der Waals surface area contributed by atoms with Crippen LogP contribution in [0.3, 0.4) is 0 Å². The highest BCUT2D eigenvalue weighted by Crippen LogP contribution is 2.11. The van der Waals surface area contributed by atoms with Gasteiger partial charge >= 0.3 is 0 Å². The van der Waals surface area contributed by atoms with Gasteiger partial charge in [-0.05, 0) is 32.9 Å². The molecule has 5 nitrogen and oxygen atoms in total. The van der Waals surface area contributed by atoms with Crippen LogP contribution in [-0.4, -0.2) is 22.6 Å². The topological polar surface area (TPSA) is 63.0 Å². The summed E-state index contributed by atoms with van der Waals surface area (Å²) in [6.07, 6.45) is 2.40. The predicted molar refractivity (Wildman–Crippen MR) is 76.4 cm³/mol. The first kappa shape index (κ1) is 13.4. The lowest BCUT2D eigenvalue weighted by molar-refractivity contribution is 0.486. The van der Waals surface area contributed by atoms with Crippen LogP contribution in [0.5, 0.6) is 0 Å². The summed E-state index contributed by atoms with van der Waals surface area (Å²) in [7, 11) is 0. The molecule has 0 fully saturated rings. The van der Waals surface area contributed by atoms with Crippen molar-refractivity contribution in [1.82, 2.24) is 9.97 Å². The van der Waals surface area contributed by atoms with E-state index in [4.69, 9.17) is 4.42 Å². The molecule has 2 N–H and O–H groups in total. The second-order valence-electron chi connectivity index (χ2n) is 4.78. The SMILES string of the molecule is Cc1ccc(CCNc2cc(NC(C)C)ncn2)o1. The Morgan fingerprint density at radius 2 is 2.00 bits per heavy atom. The van der Waals surface area contributed by atoms with Gasteiger partial charge in [0.1, 0.15) is 29.5 Å². The molecule has 0 aliphatic carbocycles. The van der Waals surface area contributed by atoms with Crippen molar-refractivity contribution in [3.63, 3.8) is 0 Å². The molecule has 0 unspecified atom stereocenters.